The highest BCUT2D eigenvalue weighted by Gasteiger charge is 2.26. The Hall–Kier alpha value is -2.50. The van der Waals surface area contributed by atoms with Crippen LogP contribution in [-0.2, 0) is 9.59 Å². The molecule has 6 nitrogen and oxygen atoms in total. The molecule has 1 saturated carbocycles. The van der Waals surface area contributed by atoms with Gasteiger partial charge in [0.05, 0.1) is 12.8 Å². The third kappa shape index (κ3) is 3.39. The van der Waals surface area contributed by atoms with Crippen LogP contribution in [-0.4, -0.2) is 36.5 Å². The summed E-state index contributed by atoms with van der Waals surface area (Å²) in [5.41, 5.74) is 4.79. The first-order valence-corrected chi connectivity index (χ1v) is 7.36. The molecule has 1 aromatic carbocycles. The maximum absolute atomic E-state index is 11.9. The van der Waals surface area contributed by atoms with E-state index in [1.54, 1.807) is 7.11 Å². The number of hydrogen-bond acceptors (Lipinski definition) is 4. The zero-order valence-electron chi connectivity index (χ0n) is 12.5. The molecule has 1 aliphatic carbocycles. The van der Waals surface area contributed by atoms with Crippen LogP contribution >= 0.6 is 0 Å². The van der Waals surface area contributed by atoms with Gasteiger partial charge in [0.2, 0.25) is 11.8 Å². The lowest BCUT2D eigenvalue weighted by atomic mass is 10.1. The number of amides is 2. The normalized spacial score (nSPS) is 17.6. The molecule has 3 rings (SSSR count). The molecule has 0 saturated heterocycles. The van der Waals surface area contributed by atoms with E-state index in [9.17, 15) is 9.59 Å². The van der Waals surface area contributed by atoms with E-state index >= 15 is 0 Å². The van der Waals surface area contributed by atoms with Crippen molar-refractivity contribution in [2.24, 2.45) is 0 Å². The predicted octanol–water partition coefficient (Wildman–Crippen LogP) is 1.05. The average molecular weight is 301 g/mol. The number of hydrazine groups is 1. The van der Waals surface area contributed by atoms with Gasteiger partial charge in [-0.2, -0.15) is 0 Å². The lowest BCUT2D eigenvalue weighted by molar-refractivity contribution is -0.137. The van der Waals surface area contributed by atoms with Crippen molar-refractivity contribution in [3.63, 3.8) is 0 Å². The molecule has 22 heavy (non-hydrogen) atoms. The highest BCUT2D eigenvalue weighted by molar-refractivity contribution is 5.88. The Morgan fingerprint density at radius 3 is 2.73 bits per heavy atom. The van der Waals surface area contributed by atoms with Crippen molar-refractivity contribution < 1.29 is 14.3 Å². The third-order valence-corrected chi connectivity index (χ3v) is 3.68. The molecule has 2 N–H and O–H groups in total. The van der Waals surface area contributed by atoms with Crippen LogP contribution < -0.4 is 15.5 Å². The van der Waals surface area contributed by atoms with E-state index in [0.29, 0.717) is 6.04 Å². The van der Waals surface area contributed by atoms with Crippen molar-refractivity contribution in [2.45, 2.75) is 25.3 Å². The SMILES string of the molecule is COc1ccc(C2=CCC(=O)N(CC(=O)NC3CC3)N2)cc1. The van der Waals surface area contributed by atoms with Crippen molar-refractivity contribution in [1.82, 2.24) is 15.8 Å². The maximum atomic E-state index is 11.9. The number of ether oxygens (including phenoxy) is 1. The Bertz CT molecular complexity index is 606. The van der Waals surface area contributed by atoms with Gasteiger partial charge in [0.1, 0.15) is 12.3 Å². The average Bonchev–Trinajstić information content (AvgIpc) is 3.33. The van der Waals surface area contributed by atoms with Gasteiger partial charge in [-0.15, -0.1) is 0 Å². The standard InChI is InChI=1S/C16H19N3O3/c1-22-13-6-2-11(3-7-13)14-8-9-16(21)19(18-14)10-15(20)17-12-4-5-12/h2-3,6-8,12,18H,4-5,9-10H2,1H3,(H,17,20). The van der Waals surface area contributed by atoms with Crippen molar-refractivity contribution in [3.05, 3.63) is 35.9 Å². The maximum Gasteiger partial charge on any atom is 0.245 e. The summed E-state index contributed by atoms with van der Waals surface area (Å²) in [6.45, 7) is 0.0306. The summed E-state index contributed by atoms with van der Waals surface area (Å²) in [6, 6.07) is 7.84. The molecule has 1 fully saturated rings. The van der Waals surface area contributed by atoms with Crippen molar-refractivity contribution in [1.29, 1.82) is 0 Å². The van der Waals surface area contributed by atoms with Crippen molar-refractivity contribution in [3.8, 4) is 5.75 Å². The number of methoxy groups -OCH3 is 1. The van der Waals surface area contributed by atoms with E-state index in [1.165, 1.54) is 5.01 Å². The van der Waals surface area contributed by atoms with E-state index in [-0.39, 0.29) is 24.8 Å². The summed E-state index contributed by atoms with van der Waals surface area (Å²) in [6.07, 6.45) is 4.18. The second-order valence-corrected chi connectivity index (χ2v) is 5.48. The molecule has 1 heterocycles. The Kier molecular flexibility index (Phi) is 4.00. The van der Waals surface area contributed by atoms with Crippen LogP contribution in [0.25, 0.3) is 5.70 Å². The van der Waals surface area contributed by atoms with Crippen LogP contribution in [0.1, 0.15) is 24.8 Å². The van der Waals surface area contributed by atoms with Crippen LogP contribution in [0.15, 0.2) is 30.3 Å². The Morgan fingerprint density at radius 2 is 2.09 bits per heavy atom. The van der Waals surface area contributed by atoms with Gasteiger partial charge in [-0.25, -0.2) is 5.01 Å². The molecular weight excluding hydrogens is 282 g/mol. The third-order valence-electron chi connectivity index (χ3n) is 3.68. The lowest BCUT2D eigenvalue weighted by Crippen LogP contribution is -2.49. The van der Waals surface area contributed by atoms with Crippen LogP contribution in [0.5, 0.6) is 5.75 Å². The number of nitrogens with one attached hydrogen (secondary N) is 2. The molecule has 1 aliphatic heterocycles. The fourth-order valence-electron chi connectivity index (χ4n) is 2.28. The van der Waals surface area contributed by atoms with Gasteiger partial charge in [0.15, 0.2) is 0 Å². The largest absolute Gasteiger partial charge is 0.497 e. The summed E-state index contributed by atoms with van der Waals surface area (Å²) >= 11 is 0. The van der Waals surface area contributed by atoms with Gasteiger partial charge in [0, 0.05) is 12.5 Å². The van der Waals surface area contributed by atoms with E-state index in [4.69, 9.17) is 4.74 Å². The number of nitrogens with zero attached hydrogens (tertiary/aromatic N) is 1. The molecule has 1 aromatic rings. The quantitative estimate of drug-likeness (QED) is 0.853. The monoisotopic (exact) mass is 301 g/mol. The summed E-state index contributed by atoms with van der Waals surface area (Å²) in [5.74, 6) is 0.541. The molecule has 2 amide bonds. The van der Waals surface area contributed by atoms with Gasteiger partial charge in [-0.3, -0.25) is 15.0 Å². The zero-order chi connectivity index (χ0) is 15.5. The number of carbonyl (C=O) groups excluding carboxylic acids is 2. The highest BCUT2D eigenvalue weighted by atomic mass is 16.5. The first-order valence-electron chi connectivity index (χ1n) is 7.36. The van der Waals surface area contributed by atoms with Crippen LogP contribution in [0.2, 0.25) is 0 Å². The summed E-state index contributed by atoms with van der Waals surface area (Å²) in [4.78, 5) is 23.8. The van der Waals surface area contributed by atoms with Crippen LogP contribution in [0.4, 0.5) is 0 Å². The molecular formula is C16H19N3O3. The summed E-state index contributed by atoms with van der Waals surface area (Å²) < 4.78 is 5.13. The van der Waals surface area contributed by atoms with Gasteiger partial charge in [0.25, 0.3) is 0 Å². The fourth-order valence-corrected chi connectivity index (χ4v) is 2.28. The Labute approximate surface area is 129 Å². The molecule has 6 heteroatoms. The minimum Gasteiger partial charge on any atom is -0.497 e. The van der Waals surface area contributed by atoms with E-state index in [2.05, 4.69) is 10.7 Å². The van der Waals surface area contributed by atoms with E-state index in [1.807, 2.05) is 30.3 Å². The second kappa shape index (κ2) is 6.09. The Balaban J connectivity index is 1.65. The number of carbonyl (C=O) groups is 2. The molecule has 2 aliphatic rings. The minimum absolute atomic E-state index is 0.0306. The minimum atomic E-state index is -0.126. The van der Waals surface area contributed by atoms with Crippen LogP contribution in [0, 0.1) is 0 Å². The van der Waals surface area contributed by atoms with Gasteiger partial charge in [-0.05, 0) is 48.7 Å². The van der Waals surface area contributed by atoms with E-state index in [0.717, 1.165) is 29.9 Å². The molecule has 0 atom stereocenters. The van der Waals surface area contributed by atoms with E-state index < -0.39 is 0 Å². The summed E-state index contributed by atoms with van der Waals surface area (Å²) in [5, 5.41) is 4.25. The number of rotatable bonds is 5. The van der Waals surface area contributed by atoms with Crippen molar-refractivity contribution in [2.75, 3.05) is 13.7 Å². The molecule has 0 spiro atoms. The van der Waals surface area contributed by atoms with Crippen LogP contribution in [0.3, 0.4) is 0 Å². The molecule has 116 valence electrons. The second-order valence-electron chi connectivity index (χ2n) is 5.48. The first kappa shape index (κ1) is 14.4. The molecule has 0 bridgehead atoms. The molecule has 0 radical (unpaired) electrons. The van der Waals surface area contributed by atoms with Crippen molar-refractivity contribution >= 4 is 17.5 Å². The smallest absolute Gasteiger partial charge is 0.245 e. The molecule has 0 unspecified atom stereocenters. The fraction of sp³-hybridized carbons (Fsp3) is 0.375. The van der Waals surface area contributed by atoms with Gasteiger partial charge >= 0.3 is 0 Å². The lowest BCUT2D eigenvalue weighted by Gasteiger charge is -2.28. The predicted molar refractivity (Wildman–Crippen MR) is 81.6 cm³/mol. The van der Waals surface area contributed by atoms with Gasteiger partial charge in [-0.1, -0.05) is 0 Å². The Morgan fingerprint density at radius 1 is 1.36 bits per heavy atom. The highest BCUT2D eigenvalue weighted by Crippen LogP contribution is 2.21. The topological polar surface area (TPSA) is 70.7 Å². The number of hydrogen-bond donors (Lipinski definition) is 2. The van der Waals surface area contributed by atoms with Gasteiger partial charge < -0.3 is 10.1 Å². The zero-order valence-corrected chi connectivity index (χ0v) is 12.5. The molecule has 0 aromatic heterocycles. The summed E-state index contributed by atoms with van der Waals surface area (Å²) in [7, 11) is 1.62. The first-order chi connectivity index (χ1) is 10.7. The number of benzene rings is 1.